The number of nitrogens with zero attached hydrogens (tertiary/aromatic N) is 2. The van der Waals surface area contributed by atoms with Gasteiger partial charge in [0.05, 0.1) is 27.4 Å². The number of hydrogen-bond acceptors (Lipinski definition) is 2. The summed E-state index contributed by atoms with van der Waals surface area (Å²) in [6, 6.07) is 7.74. The summed E-state index contributed by atoms with van der Waals surface area (Å²) in [7, 11) is 0. The smallest absolute Gasteiger partial charge is 0.0738 e. The van der Waals surface area contributed by atoms with Crippen molar-refractivity contribution in [1.29, 1.82) is 0 Å². The van der Waals surface area contributed by atoms with Crippen LogP contribution >= 0.6 is 27.5 Å². The van der Waals surface area contributed by atoms with E-state index in [0.717, 1.165) is 39.7 Å². The van der Waals surface area contributed by atoms with Crippen molar-refractivity contribution in [1.82, 2.24) is 9.78 Å². The molecular formula is C13H15BrClN3. The number of hydrogen-bond donors (Lipinski definition) is 1. The van der Waals surface area contributed by atoms with E-state index in [0.29, 0.717) is 0 Å². The normalized spacial score (nSPS) is 10.7. The van der Waals surface area contributed by atoms with Crippen LogP contribution in [0.25, 0.3) is 0 Å². The molecule has 0 aliphatic heterocycles. The Morgan fingerprint density at radius 1 is 1.33 bits per heavy atom. The van der Waals surface area contributed by atoms with Crippen LogP contribution in [0.15, 0.2) is 28.7 Å². The first kappa shape index (κ1) is 13.4. The van der Waals surface area contributed by atoms with E-state index >= 15 is 0 Å². The van der Waals surface area contributed by atoms with Crippen LogP contribution < -0.4 is 5.32 Å². The van der Waals surface area contributed by atoms with Crippen molar-refractivity contribution < 1.29 is 0 Å². The van der Waals surface area contributed by atoms with Gasteiger partial charge in [0.2, 0.25) is 0 Å². The summed E-state index contributed by atoms with van der Waals surface area (Å²) in [6.07, 6.45) is 0. The third-order valence-electron chi connectivity index (χ3n) is 2.81. The Morgan fingerprint density at radius 2 is 2.06 bits per heavy atom. The van der Waals surface area contributed by atoms with Crippen LogP contribution in [0.2, 0.25) is 5.02 Å². The van der Waals surface area contributed by atoms with E-state index in [4.69, 9.17) is 11.6 Å². The number of halogens is 2. The molecule has 1 aromatic carbocycles. The summed E-state index contributed by atoms with van der Waals surface area (Å²) >= 11 is 9.60. The second-order valence-electron chi connectivity index (χ2n) is 4.11. The molecule has 0 aliphatic carbocycles. The van der Waals surface area contributed by atoms with E-state index in [1.165, 1.54) is 0 Å². The molecule has 0 radical (unpaired) electrons. The fraction of sp³-hybridized carbons (Fsp3) is 0.308. The van der Waals surface area contributed by atoms with E-state index in [9.17, 15) is 0 Å². The summed E-state index contributed by atoms with van der Waals surface area (Å²) in [5.74, 6) is 0. The van der Waals surface area contributed by atoms with Crippen molar-refractivity contribution in [2.24, 2.45) is 0 Å². The third-order valence-corrected chi connectivity index (χ3v) is 4.28. The van der Waals surface area contributed by atoms with Crippen LogP contribution in [0.5, 0.6) is 0 Å². The zero-order valence-corrected chi connectivity index (χ0v) is 12.7. The highest BCUT2D eigenvalue weighted by Gasteiger charge is 2.07. The zero-order chi connectivity index (χ0) is 13.1. The third kappa shape index (κ3) is 2.87. The first-order valence-electron chi connectivity index (χ1n) is 5.77. The summed E-state index contributed by atoms with van der Waals surface area (Å²) in [5.41, 5.74) is 3.12. The molecule has 0 saturated heterocycles. The minimum absolute atomic E-state index is 0.743. The van der Waals surface area contributed by atoms with Gasteiger partial charge in [-0.25, -0.2) is 0 Å². The first-order chi connectivity index (χ1) is 8.59. The fourth-order valence-electron chi connectivity index (χ4n) is 1.79. The number of benzene rings is 1. The lowest BCUT2D eigenvalue weighted by molar-refractivity contribution is 0.615. The number of para-hydroxylation sites is 1. The Bertz CT molecular complexity index is 551. The van der Waals surface area contributed by atoms with Crippen LogP contribution in [0.1, 0.15) is 11.4 Å². The molecule has 0 fully saturated rings. The summed E-state index contributed by atoms with van der Waals surface area (Å²) in [5, 5.41) is 8.51. The van der Waals surface area contributed by atoms with Gasteiger partial charge in [0.15, 0.2) is 0 Å². The standard InChI is InChI=1S/C13H15BrClN3/c1-9-13(14)10(2)18(17-9)8-7-16-12-6-4-3-5-11(12)15/h3-6,16H,7-8H2,1-2H3. The molecule has 1 N–H and O–H groups in total. The first-order valence-corrected chi connectivity index (χ1v) is 6.94. The maximum atomic E-state index is 6.07. The van der Waals surface area contributed by atoms with E-state index < -0.39 is 0 Å². The van der Waals surface area contributed by atoms with Gasteiger partial charge in [-0.05, 0) is 41.9 Å². The Morgan fingerprint density at radius 3 is 2.67 bits per heavy atom. The molecule has 18 heavy (non-hydrogen) atoms. The van der Waals surface area contributed by atoms with Gasteiger partial charge in [0.1, 0.15) is 0 Å². The molecule has 1 aromatic heterocycles. The highest BCUT2D eigenvalue weighted by Crippen LogP contribution is 2.21. The van der Waals surface area contributed by atoms with Gasteiger partial charge in [-0.2, -0.15) is 5.10 Å². The van der Waals surface area contributed by atoms with Crippen molar-refractivity contribution in [3.8, 4) is 0 Å². The minimum atomic E-state index is 0.743. The molecule has 2 aromatic rings. The summed E-state index contributed by atoms with van der Waals surface area (Å²) in [4.78, 5) is 0. The highest BCUT2D eigenvalue weighted by molar-refractivity contribution is 9.10. The quantitative estimate of drug-likeness (QED) is 0.918. The molecule has 0 spiro atoms. The van der Waals surface area contributed by atoms with Gasteiger partial charge in [0.25, 0.3) is 0 Å². The van der Waals surface area contributed by atoms with Crippen molar-refractivity contribution >= 4 is 33.2 Å². The van der Waals surface area contributed by atoms with Crippen LogP contribution in [0, 0.1) is 13.8 Å². The number of nitrogens with one attached hydrogen (secondary N) is 1. The number of rotatable bonds is 4. The molecule has 3 nitrogen and oxygen atoms in total. The van der Waals surface area contributed by atoms with Gasteiger partial charge < -0.3 is 5.32 Å². The van der Waals surface area contributed by atoms with Gasteiger partial charge in [-0.3, -0.25) is 4.68 Å². The SMILES string of the molecule is Cc1nn(CCNc2ccccc2Cl)c(C)c1Br. The second-order valence-corrected chi connectivity index (χ2v) is 5.31. The van der Waals surface area contributed by atoms with Crippen molar-refractivity contribution in [3.05, 3.63) is 45.1 Å². The Balaban J connectivity index is 1.97. The van der Waals surface area contributed by atoms with Crippen LogP contribution in [-0.4, -0.2) is 16.3 Å². The van der Waals surface area contributed by atoms with Gasteiger partial charge in [0, 0.05) is 12.2 Å². The highest BCUT2D eigenvalue weighted by atomic mass is 79.9. The van der Waals surface area contributed by atoms with Crippen LogP contribution in [-0.2, 0) is 6.54 Å². The molecule has 2 rings (SSSR count). The molecule has 1 heterocycles. The lowest BCUT2D eigenvalue weighted by Crippen LogP contribution is -2.13. The average Bonchev–Trinajstić information content (AvgIpc) is 2.60. The maximum Gasteiger partial charge on any atom is 0.0738 e. The topological polar surface area (TPSA) is 29.9 Å². The van der Waals surface area contributed by atoms with Gasteiger partial charge in [-0.15, -0.1) is 0 Å². The summed E-state index contributed by atoms with van der Waals surface area (Å²) in [6.45, 7) is 5.65. The Kier molecular flexibility index (Phi) is 4.30. The lowest BCUT2D eigenvalue weighted by atomic mass is 10.3. The maximum absolute atomic E-state index is 6.07. The van der Waals surface area contributed by atoms with E-state index in [1.54, 1.807) is 0 Å². The monoisotopic (exact) mass is 327 g/mol. The Hall–Kier alpha value is -1.000. The minimum Gasteiger partial charge on any atom is -0.382 e. The van der Waals surface area contributed by atoms with E-state index in [1.807, 2.05) is 35.9 Å². The van der Waals surface area contributed by atoms with Crippen LogP contribution in [0.4, 0.5) is 5.69 Å². The molecule has 0 bridgehead atoms. The molecule has 0 unspecified atom stereocenters. The molecular weight excluding hydrogens is 314 g/mol. The molecule has 5 heteroatoms. The largest absolute Gasteiger partial charge is 0.382 e. The number of aryl methyl sites for hydroxylation is 1. The molecule has 0 atom stereocenters. The van der Waals surface area contributed by atoms with Gasteiger partial charge >= 0.3 is 0 Å². The van der Waals surface area contributed by atoms with Crippen molar-refractivity contribution in [2.75, 3.05) is 11.9 Å². The molecule has 0 saturated carbocycles. The predicted molar refractivity (Wildman–Crippen MR) is 79.3 cm³/mol. The molecule has 96 valence electrons. The Labute approximate surface area is 120 Å². The molecule has 0 aliphatic rings. The molecule has 0 amide bonds. The zero-order valence-electron chi connectivity index (χ0n) is 10.4. The second kappa shape index (κ2) is 5.76. The van der Waals surface area contributed by atoms with Crippen molar-refractivity contribution in [3.63, 3.8) is 0 Å². The number of anilines is 1. The fourth-order valence-corrected chi connectivity index (χ4v) is 2.28. The summed E-state index contributed by atoms with van der Waals surface area (Å²) < 4.78 is 3.07. The predicted octanol–water partition coefficient (Wildman–Crippen LogP) is 4.03. The number of aromatic nitrogens is 2. The van der Waals surface area contributed by atoms with E-state index in [2.05, 4.69) is 33.3 Å². The van der Waals surface area contributed by atoms with Gasteiger partial charge in [-0.1, -0.05) is 23.7 Å². The lowest BCUT2D eigenvalue weighted by Gasteiger charge is -2.09. The van der Waals surface area contributed by atoms with E-state index in [-0.39, 0.29) is 0 Å². The van der Waals surface area contributed by atoms with Crippen LogP contribution in [0.3, 0.4) is 0 Å². The van der Waals surface area contributed by atoms with Crippen molar-refractivity contribution in [2.45, 2.75) is 20.4 Å². The average molecular weight is 329 g/mol.